The molecule has 37 heavy (non-hydrogen) atoms. The van der Waals surface area contributed by atoms with Gasteiger partial charge in [-0.3, -0.25) is 14.5 Å². The summed E-state index contributed by atoms with van der Waals surface area (Å²) in [5, 5.41) is 3.43. The summed E-state index contributed by atoms with van der Waals surface area (Å²) in [5.41, 5.74) is 2.29. The molecule has 1 N–H and O–H groups in total. The van der Waals surface area contributed by atoms with Crippen LogP contribution in [0.25, 0.3) is 0 Å². The number of ether oxygens (including phenoxy) is 2. The number of halogens is 1. The molecule has 7 nitrogen and oxygen atoms in total. The molecule has 1 unspecified atom stereocenters. The number of amides is 2. The first-order chi connectivity index (χ1) is 18.0. The molecule has 0 radical (unpaired) electrons. The number of benzene rings is 2. The number of rotatable bonds is 6. The molecule has 0 aromatic heterocycles. The zero-order valence-electron chi connectivity index (χ0n) is 20.8. The Morgan fingerprint density at radius 3 is 2.62 bits per heavy atom. The van der Waals surface area contributed by atoms with E-state index in [1.54, 1.807) is 4.90 Å². The van der Waals surface area contributed by atoms with Crippen molar-refractivity contribution in [1.82, 2.24) is 15.1 Å². The Bertz CT molecular complexity index is 1230. The Morgan fingerprint density at radius 2 is 1.81 bits per heavy atom. The normalized spacial score (nSPS) is 26.5. The van der Waals surface area contributed by atoms with E-state index in [4.69, 9.17) is 21.1 Å². The molecule has 1 aliphatic carbocycles. The molecule has 2 saturated heterocycles. The van der Waals surface area contributed by atoms with Gasteiger partial charge in [-0.2, -0.15) is 0 Å². The number of piperidine rings is 1. The molecule has 194 valence electrons. The zero-order valence-corrected chi connectivity index (χ0v) is 21.6. The number of hydrogen-bond acceptors (Lipinski definition) is 5. The van der Waals surface area contributed by atoms with E-state index < -0.39 is 6.04 Å². The smallest absolute Gasteiger partial charge is 0.255 e. The molecule has 0 spiro atoms. The van der Waals surface area contributed by atoms with E-state index in [9.17, 15) is 9.59 Å². The number of fused-ring (bicyclic) bond motifs is 1. The second-order valence-corrected chi connectivity index (χ2v) is 10.9. The standard InChI is InChI=1S/C29H32ClN3O4/c1-18-10-13-25(28(34)31-18)33-15-19-14-20(11-12-22(19)29(33)35)36-27-9-5-3-7-24(27)32-16-21(17-32)37-26-8-4-2-6-23(26)30/h2,4,6,8,11-12,14,21,24-25,27H,1,3,5,7,9-10,13,15-17H2,(H,31,34)/t24-,25?,27+/m0/s1. The number of nitrogens with zero attached hydrogens (tertiary/aromatic N) is 2. The first-order valence-electron chi connectivity index (χ1n) is 13.2. The quantitative estimate of drug-likeness (QED) is 0.604. The fraction of sp³-hybridized carbons (Fsp3) is 0.448. The van der Waals surface area contributed by atoms with Crippen LogP contribution in [0.3, 0.4) is 0 Å². The van der Waals surface area contributed by atoms with Gasteiger partial charge in [0.2, 0.25) is 5.91 Å². The Morgan fingerprint density at radius 1 is 1.00 bits per heavy atom. The molecule has 3 heterocycles. The summed E-state index contributed by atoms with van der Waals surface area (Å²) in [5.74, 6) is 1.29. The predicted octanol–water partition coefficient (Wildman–Crippen LogP) is 4.54. The van der Waals surface area contributed by atoms with Gasteiger partial charge in [-0.15, -0.1) is 0 Å². The van der Waals surface area contributed by atoms with E-state index in [-0.39, 0.29) is 24.0 Å². The summed E-state index contributed by atoms with van der Waals surface area (Å²) in [6.07, 6.45) is 5.97. The van der Waals surface area contributed by atoms with Gasteiger partial charge in [0, 0.05) is 36.9 Å². The van der Waals surface area contributed by atoms with Gasteiger partial charge in [0.1, 0.15) is 29.7 Å². The highest BCUT2D eigenvalue weighted by atomic mass is 35.5. The van der Waals surface area contributed by atoms with E-state index in [0.29, 0.717) is 41.7 Å². The first-order valence-corrected chi connectivity index (χ1v) is 13.6. The van der Waals surface area contributed by atoms with Gasteiger partial charge in [-0.25, -0.2) is 0 Å². The van der Waals surface area contributed by atoms with E-state index in [1.165, 1.54) is 6.42 Å². The second kappa shape index (κ2) is 10.0. The van der Waals surface area contributed by atoms with Crippen molar-refractivity contribution in [2.45, 2.75) is 69.4 Å². The fourth-order valence-electron chi connectivity index (χ4n) is 6.05. The number of likely N-dealkylation sites (tertiary alicyclic amines) is 1. The monoisotopic (exact) mass is 521 g/mol. The summed E-state index contributed by atoms with van der Waals surface area (Å²) in [6, 6.07) is 13.2. The molecule has 1 saturated carbocycles. The molecule has 2 aromatic carbocycles. The highest BCUT2D eigenvalue weighted by Gasteiger charge is 2.41. The van der Waals surface area contributed by atoms with E-state index >= 15 is 0 Å². The lowest BCUT2D eigenvalue weighted by Crippen LogP contribution is -2.62. The maximum Gasteiger partial charge on any atom is 0.255 e. The molecule has 2 aromatic rings. The minimum atomic E-state index is -0.454. The Balaban J connectivity index is 1.09. The number of carbonyl (C=O) groups excluding carboxylic acids is 2. The van der Waals surface area contributed by atoms with E-state index in [2.05, 4.69) is 16.8 Å². The van der Waals surface area contributed by atoms with Gasteiger partial charge in [0.05, 0.1) is 5.02 Å². The van der Waals surface area contributed by atoms with Crippen LogP contribution in [0.15, 0.2) is 54.7 Å². The number of nitrogens with one attached hydrogen (secondary N) is 1. The highest BCUT2D eigenvalue weighted by molar-refractivity contribution is 6.32. The van der Waals surface area contributed by atoms with Crippen LogP contribution in [-0.4, -0.2) is 59.0 Å². The van der Waals surface area contributed by atoms with Crippen LogP contribution in [0.4, 0.5) is 0 Å². The van der Waals surface area contributed by atoms with Crippen LogP contribution < -0.4 is 14.8 Å². The van der Waals surface area contributed by atoms with Gasteiger partial charge >= 0.3 is 0 Å². The fourth-order valence-corrected chi connectivity index (χ4v) is 6.23. The third-order valence-corrected chi connectivity index (χ3v) is 8.35. The van der Waals surface area contributed by atoms with Crippen LogP contribution in [0.1, 0.15) is 54.4 Å². The highest BCUT2D eigenvalue weighted by Crippen LogP contribution is 2.35. The molecular weight excluding hydrogens is 490 g/mol. The summed E-state index contributed by atoms with van der Waals surface area (Å²) in [6.45, 7) is 5.99. The molecule has 2 amide bonds. The van der Waals surface area contributed by atoms with Gasteiger partial charge < -0.3 is 19.7 Å². The largest absolute Gasteiger partial charge is 0.489 e. The molecule has 6 rings (SSSR count). The summed E-state index contributed by atoms with van der Waals surface area (Å²) >= 11 is 6.26. The van der Waals surface area contributed by atoms with Crippen molar-refractivity contribution in [1.29, 1.82) is 0 Å². The second-order valence-electron chi connectivity index (χ2n) is 10.5. The van der Waals surface area contributed by atoms with Crippen molar-refractivity contribution in [3.8, 4) is 11.5 Å². The molecule has 3 fully saturated rings. The van der Waals surface area contributed by atoms with Crippen molar-refractivity contribution in [3.63, 3.8) is 0 Å². The summed E-state index contributed by atoms with van der Waals surface area (Å²) in [4.78, 5) is 29.7. The van der Waals surface area contributed by atoms with E-state index in [0.717, 1.165) is 49.4 Å². The first kappa shape index (κ1) is 24.3. The third kappa shape index (κ3) is 4.82. The minimum absolute atomic E-state index is 0.0881. The van der Waals surface area contributed by atoms with Crippen LogP contribution in [0.5, 0.6) is 11.5 Å². The number of carbonyl (C=O) groups is 2. The predicted molar refractivity (Wildman–Crippen MR) is 141 cm³/mol. The SMILES string of the molecule is C=C1CCC(N2Cc3cc(O[C@@H]4CCCC[C@@H]4N4CC(Oc5ccccc5Cl)C4)ccc3C2=O)C(=O)N1. The van der Waals surface area contributed by atoms with Gasteiger partial charge in [-0.05, 0) is 68.0 Å². The lowest BCUT2D eigenvalue weighted by Gasteiger charge is -2.47. The zero-order chi connectivity index (χ0) is 25.5. The van der Waals surface area contributed by atoms with Gasteiger partial charge in [-0.1, -0.05) is 36.7 Å². The molecule has 8 heteroatoms. The molecule has 0 bridgehead atoms. The van der Waals surface area contributed by atoms with Gasteiger partial charge in [0.25, 0.3) is 5.91 Å². The number of allylic oxidation sites excluding steroid dienone is 1. The average molecular weight is 522 g/mol. The Kier molecular flexibility index (Phi) is 6.59. The van der Waals surface area contributed by atoms with Gasteiger partial charge in [0.15, 0.2) is 0 Å². The average Bonchev–Trinajstić information content (AvgIpc) is 3.18. The van der Waals surface area contributed by atoms with Crippen molar-refractivity contribution < 1.29 is 19.1 Å². The summed E-state index contributed by atoms with van der Waals surface area (Å²) < 4.78 is 12.7. The Labute approximate surface area is 222 Å². The van der Waals surface area contributed by atoms with Crippen LogP contribution >= 0.6 is 11.6 Å². The molecule has 3 atom stereocenters. The van der Waals surface area contributed by atoms with Crippen LogP contribution in [0, 0.1) is 0 Å². The summed E-state index contributed by atoms with van der Waals surface area (Å²) in [7, 11) is 0. The van der Waals surface area contributed by atoms with Crippen LogP contribution in [-0.2, 0) is 11.3 Å². The molecule has 3 aliphatic heterocycles. The molecule has 4 aliphatic rings. The van der Waals surface area contributed by atoms with Crippen molar-refractivity contribution in [3.05, 3.63) is 70.9 Å². The van der Waals surface area contributed by atoms with E-state index in [1.807, 2.05) is 42.5 Å². The van der Waals surface area contributed by atoms with Crippen molar-refractivity contribution in [2.24, 2.45) is 0 Å². The lowest BCUT2D eigenvalue weighted by molar-refractivity contribution is -0.126. The maximum absolute atomic E-state index is 13.1. The lowest BCUT2D eigenvalue weighted by atomic mass is 9.89. The molecular formula is C29H32ClN3O4. The third-order valence-electron chi connectivity index (χ3n) is 8.04. The van der Waals surface area contributed by atoms with Crippen LogP contribution in [0.2, 0.25) is 5.02 Å². The topological polar surface area (TPSA) is 71.1 Å². The van der Waals surface area contributed by atoms with Crippen molar-refractivity contribution in [2.75, 3.05) is 13.1 Å². The van der Waals surface area contributed by atoms with Crippen molar-refractivity contribution >= 4 is 23.4 Å². The number of hydrogen-bond donors (Lipinski definition) is 1. The number of para-hydroxylation sites is 1. The Hall–Kier alpha value is -3.03. The minimum Gasteiger partial charge on any atom is -0.489 e. The maximum atomic E-state index is 13.1.